The summed E-state index contributed by atoms with van der Waals surface area (Å²) in [6.07, 6.45) is 0.477. The van der Waals surface area contributed by atoms with Crippen LogP contribution in [0.15, 0.2) is 18.2 Å². The minimum absolute atomic E-state index is 0.00458. The van der Waals surface area contributed by atoms with E-state index in [0.29, 0.717) is 6.42 Å². The average Bonchev–Trinajstić information content (AvgIpc) is 2.31. The third-order valence-electron chi connectivity index (χ3n) is 3.29. The van der Waals surface area contributed by atoms with Crippen LogP contribution >= 0.6 is 0 Å². The Kier molecular flexibility index (Phi) is 3.41. The zero-order valence-electron chi connectivity index (χ0n) is 9.87. The predicted molar refractivity (Wildman–Crippen MR) is 60.6 cm³/mol. The fraction of sp³-hybridized carbons (Fsp3) is 0.385. The van der Waals surface area contributed by atoms with Gasteiger partial charge in [0.05, 0.1) is 0 Å². The minimum Gasteiger partial charge on any atom is -0.296 e. The summed E-state index contributed by atoms with van der Waals surface area (Å²) < 4.78 is 26.9. The van der Waals surface area contributed by atoms with Crippen LogP contribution in [0.3, 0.4) is 0 Å². The van der Waals surface area contributed by atoms with Crippen molar-refractivity contribution < 1.29 is 18.4 Å². The van der Waals surface area contributed by atoms with Crippen molar-refractivity contribution in [1.82, 2.24) is 5.32 Å². The Hall–Kier alpha value is -1.78. The Morgan fingerprint density at radius 2 is 2.06 bits per heavy atom. The predicted octanol–water partition coefficient (Wildman–Crippen LogP) is 2.12. The van der Waals surface area contributed by atoms with Crippen molar-refractivity contribution in [1.29, 1.82) is 0 Å². The van der Waals surface area contributed by atoms with Gasteiger partial charge < -0.3 is 0 Å². The molecule has 0 aliphatic carbocycles. The Balaban J connectivity index is 2.42. The molecule has 18 heavy (non-hydrogen) atoms. The zero-order valence-corrected chi connectivity index (χ0v) is 9.87. The Bertz CT molecular complexity index is 502. The first kappa shape index (κ1) is 12.7. The summed E-state index contributed by atoms with van der Waals surface area (Å²) in [5.41, 5.74) is 0.102. The molecule has 1 aromatic rings. The van der Waals surface area contributed by atoms with Gasteiger partial charge in [0.1, 0.15) is 11.6 Å². The summed E-state index contributed by atoms with van der Waals surface area (Å²) in [6, 6.07) is 3.10. The van der Waals surface area contributed by atoms with Crippen LogP contribution in [0.25, 0.3) is 0 Å². The van der Waals surface area contributed by atoms with Gasteiger partial charge in [0, 0.05) is 18.3 Å². The maximum absolute atomic E-state index is 13.7. The lowest BCUT2D eigenvalue weighted by Crippen LogP contribution is -2.44. The van der Waals surface area contributed by atoms with Crippen molar-refractivity contribution in [2.75, 3.05) is 0 Å². The summed E-state index contributed by atoms with van der Waals surface area (Å²) in [7, 11) is 0. The average molecular weight is 253 g/mol. The molecular formula is C13H13F2NO2. The van der Waals surface area contributed by atoms with Crippen LogP contribution in [0.4, 0.5) is 8.78 Å². The van der Waals surface area contributed by atoms with Gasteiger partial charge in [-0.05, 0) is 30.2 Å². The third kappa shape index (κ3) is 2.25. The molecule has 3 nitrogen and oxygen atoms in total. The number of hydrogen-bond acceptors (Lipinski definition) is 2. The number of halogens is 2. The molecular weight excluding hydrogens is 240 g/mol. The lowest BCUT2D eigenvalue weighted by molar-refractivity contribution is -0.137. The molecule has 1 N–H and O–H groups in total. The molecule has 96 valence electrons. The van der Waals surface area contributed by atoms with Gasteiger partial charge in [0.25, 0.3) is 0 Å². The molecule has 2 atom stereocenters. The van der Waals surface area contributed by atoms with Crippen LogP contribution in [0.2, 0.25) is 0 Å². The normalized spacial score (nSPS) is 23.9. The second-order valence-electron chi connectivity index (χ2n) is 4.40. The lowest BCUT2D eigenvalue weighted by Gasteiger charge is -2.29. The maximum Gasteiger partial charge on any atom is 0.230 e. The van der Waals surface area contributed by atoms with Crippen molar-refractivity contribution in [3.05, 3.63) is 35.4 Å². The largest absolute Gasteiger partial charge is 0.296 e. The number of amides is 2. The first-order chi connectivity index (χ1) is 8.52. The molecule has 0 radical (unpaired) electrons. The molecule has 0 aromatic heterocycles. The first-order valence-corrected chi connectivity index (χ1v) is 5.81. The standard InChI is InChI=1S/C13H13F2NO2/c1-2-8-9(6-12(17)16-13(8)18)10-5-7(14)3-4-11(10)15/h3-5,8-9H,2,6H2,1H3,(H,16,17,18). The number of benzene rings is 1. The van der Waals surface area contributed by atoms with Crippen molar-refractivity contribution in [2.24, 2.45) is 5.92 Å². The molecule has 2 amide bonds. The molecule has 1 fully saturated rings. The van der Waals surface area contributed by atoms with Gasteiger partial charge >= 0.3 is 0 Å². The molecule has 1 saturated heterocycles. The number of rotatable bonds is 2. The summed E-state index contributed by atoms with van der Waals surface area (Å²) in [4.78, 5) is 23.0. The maximum atomic E-state index is 13.7. The van der Waals surface area contributed by atoms with Gasteiger partial charge in [0.2, 0.25) is 11.8 Å². The molecule has 5 heteroatoms. The van der Waals surface area contributed by atoms with Crippen LogP contribution in [-0.4, -0.2) is 11.8 Å². The number of hydrogen-bond donors (Lipinski definition) is 1. The molecule has 1 heterocycles. The van der Waals surface area contributed by atoms with E-state index in [4.69, 9.17) is 0 Å². The highest BCUT2D eigenvalue weighted by atomic mass is 19.1. The number of carbonyl (C=O) groups excluding carboxylic acids is 2. The fourth-order valence-electron chi connectivity index (χ4n) is 2.40. The van der Waals surface area contributed by atoms with E-state index in [2.05, 4.69) is 5.32 Å². The van der Waals surface area contributed by atoms with E-state index in [1.807, 2.05) is 0 Å². The summed E-state index contributed by atoms with van der Waals surface area (Å²) in [5.74, 6) is -3.10. The number of carbonyl (C=O) groups is 2. The van der Waals surface area contributed by atoms with Crippen LogP contribution in [0.5, 0.6) is 0 Å². The van der Waals surface area contributed by atoms with E-state index < -0.39 is 35.3 Å². The van der Waals surface area contributed by atoms with Crippen LogP contribution in [0, 0.1) is 17.6 Å². The molecule has 0 bridgehead atoms. The van der Waals surface area contributed by atoms with E-state index >= 15 is 0 Å². The highest BCUT2D eigenvalue weighted by molar-refractivity contribution is 5.99. The molecule has 0 spiro atoms. The first-order valence-electron chi connectivity index (χ1n) is 5.81. The van der Waals surface area contributed by atoms with Crippen molar-refractivity contribution in [3.63, 3.8) is 0 Å². The SMILES string of the molecule is CCC1C(=O)NC(=O)CC1c1cc(F)ccc1F. The molecule has 2 rings (SSSR count). The Labute approximate surface area is 103 Å². The van der Waals surface area contributed by atoms with Gasteiger partial charge in [-0.25, -0.2) is 8.78 Å². The lowest BCUT2D eigenvalue weighted by atomic mass is 9.79. The van der Waals surface area contributed by atoms with Gasteiger partial charge in [-0.1, -0.05) is 6.92 Å². The summed E-state index contributed by atoms with van der Waals surface area (Å²) in [5, 5.41) is 2.22. The van der Waals surface area contributed by atoms with Gasteiger partial charge in [-0.15, -0.1) is 0 Å². The van der Waals surface area contributed by atoms with E-state index in [0.717, 1.165) is 18.2 Å². The van der Waals surface area contributed by atoms with Crippen molar-refractivity contribution in [3.8, 4) is 0 Å². The van der Waals surface area contributed by atoms with E-state index in [1.54, 1.807) is 6.92 Å². The van der Waals surface area contributed by atoms with Gasteiger partial charge in [-0.2, -0.15) is 0 Å². The van der Waals surface area contributed by atoms with Gasteiger partial charge in [-0.3, -0.25) is 14.9 Å². The smallest absolute Gasteiger partial charge is 0.230 e. The highest BCUT2D eigenvalue weighted by Gasteiger charge is 2.36. The third-order valence-corrected chi connectivity index (χ3v) is 3.29. The molecule has 1 aromatic carbocycles. The summed E-state index contributed by atoms with van der Waals surface area (Å²) >= 11 is 0. The molecule has 1 aliphatic heterocycles. The highest BCUT2D eigenvalue weighted by Crippen LogP contribution is 2.35. The van der Waals surface area contributed by atoms with Crippen LogP contribution in [0.1, 0.15) is 31.2 Å². The minimum atomic E-state index is -0.591. The summed E-state index contributed by atoms with van der Waals surface area (Å²) in [6.45, 7) is 1.78. The van der Waals surface area contributed by atoms with Crippen molar-refractivity contribution >= 4 is 11.8 Å². The molecule has 1 aliphatic rings. The molecule has 2 unspecified atom stereocenters. The molecule has 0 saturated carbocycles. The van der Waals surface area contributed by atoms with Gasteiger partial charge in [0.15, 0.2) is 0 Å². The van der Waals surface area contributed by atoms with E-state index in [1.165, 1.54) is 0 Å². The monoisotopic (exact) mass is 253 g/mol. The van der Waals surface area contributed by atoms with Crippen LogP contribution < -0.4 is 5.32 Å². The topological polar surface area (TPSA) is 46.2 Å². The zero-order chi connectivity index (χ0) is 13.3. The van der Waals surface area contributed by atoms with E-state index in [9.17, 15) is 18.4 Å². The van der Waals surface area contributed by atoms with Crippen LogP contribution in [-0.2, 0) is 9.59 Å². The second-order valence-corrected chi connectivity index (χ2v) is 4.40. The second kappa shape index (κ2) is 4.84. The number of piperidine rings is 1. The number of imide groups is 1. The Morgan fingerprint density at radius 3 is 2.72 bits per heavy atom. The quantitative estimate of drug-likeness (QED) is 0.821. The fourth-order valence-corrected chi connectivity index (χ4v) is 2.40. The van der Waals surface area contributed by atoms with Crippen molar-refractivity contribution in [2.45, 2.75) is 25.7 Å². The van der Waals surface area contributed by atoms with E-state index in [-0.39, 0.29) is 12.0 Å². The Morgan fingerprint density at radius 1 is 1.33 bits per heavy atom. The number of nitrogens with one attached hydrogen (secondary N) is 1.